The Labute approximate surface area is 160 Å². The Morgan fingerprint density at radius 3 is 2.26 bits per heavy atom. The average Bonchev–Trinajstić information content (AvgIpc) is 3.19. The van der Waals surface area contributed by atoms with E-state index in [1.54, 1.807) is 12.1 Å². The van der Waals surface area contributed by atoms with E-state index in [9.17, 15) is 9.59 Å². The van der Waals surface area contributed by atoms with Crippen molar-refractivity contribution in [1.82, 2.24) is 10.2 Å². The normalized spacial score (nSPS) is 35.4. The van der Waals surface area contributed by atoms with Crippen LogP contribution in [0.1, 0.15) is 61.9 Å². The molecule has 2 heterocycles. The summed E-state index contributed by atoms with van der Waals surface area (Å²) in [6.45, 7) is 2.14. The van der Waals surface area contributed by atoms with Crippen molar-refractivity contribution < 1.29 is 14.0 Å². The second-order valence-electron chi connectivity index (χ2n) is 9.68. The first-order valence-corrected chi connectivity index (χ1v) is 10.7. The van der Waals surface area contributed by atoms with E-state index in [1.165, 1.54) is 44.8 Å². The zero-order chi connectivity index (χ0) is 18.4. The molecule has 1 N–H and O–H groups in total. The molecule has 6 rings (SSSR count). The molecule has 5 heteroatoms. The lowest BCUT2D eigenvalue weighted by molar-refractivity contribution is -0.128. The third-order valence-electron chi connectivity index (χ3n) is 7.69. The molecule has 1 aromatic heterocycles. The Bertz CT molecular complexity index is 668. The quantitative estimate of drug-likeness (QED) is 0.883. The highest BCUT2D eigenvalue weighted by molar-refractivity contribution is 5.91. The van der Waals surface area contributed by atoms with E-state index in [0.29, 0.717) is 24.3 Å². The van der Waals surface area contributed by atoms with Crippen LogP contribution in [0.2, 0.25) is 0 Å². The molecule has 1 saturated heterocycles. The molecule has 4 bridgehead atoms. The highest BCUT2D eigenvalue weighted by Gasteiger charge is 2.50. The van der Waals surface area contributed by atoms with Gasteiger partial charge < -0.3 is 14.6 Å². The van der Waals surface area contributed by atoms with Crippen molar-refractivity contribution in [1.29, 1.82) is 0 Å². The average molecular weight is 370 g/mol. The minimum Gasteiger partial charge on any atom is -0.459 e. The van der Waals surface area contributed by atoms with Crippen molar-refractivity contribution >= 4 is 11.8 Å². The van der Waals surface area contributed by atoms with Crippen molar-refractivity contribution in [2.45, 2.75) is 51.4 Å². The Balaban J connectivity index is 1.12. The molecule has 2 amide bonds. The summed E-state index contributed by atoms with van der Waals surface area (Å²) in [5.74, 6) is 3.33. The molecule has 0 radical (unpaired) electrons. The molecule has 1 aromatic rings. The zero-order valence-electron chi connectivity index (χ0n) is 16.0. The fourth-order valence-electron chi connectivity index (χ4n) is 6.83. The molecule has 5 nitrogen and oxygen atoms in total. The maximum atomic E-state index is 12.8. The number of nitrogens with one attached hydrogen (secondary N) is 1. The van der Waals surface area contributed by atoms with Gasteiger partial charge in [0.15, 0.2) is 5.76 Å². The van der Waals surface area contributed by atoms with E-state index in [2.05, 4.69) is 5.32 Å². The van der Waals surface area contributed by atoms with Crippen molar-refractivity contribution in [3.8, 4) is 0 Å². The van der Waals surface area contributed by atoms with Crippen LogP contribution < -0.4 is 5.32 Å². The molecule has 0 spiro atoms. The van der Waals surface area contributed by atoms with Gasteiger partial charge in [-0.05, 0) is 86.7 Å². The van der Waals surface area contributed by atoms with E-state index in [0.717, 1.165) is 37.1 Å². The molecule has 0 aromatic carbocycles. The van der Waals surface area contributed by atoms with Gasteiger partial charge in [-0.25, -0.2) is 0 Å². The lowest BCUT2D eigenvalue weighted by atomic mass is 9.49. The first-order valence-electron chi connectivity index (χ1n) is 10.7. The number of carbonyl (C=O) groups is 2. The second-order valence-corrected chi connectivity index (χ2v) is 9.68. The molecular weight excluding hydrogens is 340 g/mol. The SMILES string of the molecule is O=C(NCC12CC3CC(CC(C3)C1)C2)C1CCN(C(=O)c2ccco2)CC1. The number of rotatable bonds is 4. The monoisotopic (exact) mass is 370 g/mol. The van der Waals surface area contributed by atoms with Crippen molar-refractivity contribution in [2.75, 3.05) is 19.6 Å². The van der Waals surface area contributed by atoms with Gasteiger partial charge in [-0.3, -0.25) is 9.59 Å². The standard InChI is InChI=1S/C22H30N2O3/c25-20(18-3-5-24(6-4-18)21(26)19-2-1-7-27-19)23-14-22-11-15-8-16(12-22)10-17(9-15)13-22/h1-2,7,15-18H,3-6,8-14H2,(H,23,25). The molecule has 5 aliphatic rings. The van der Waals surface area contributed by atoms with Crippen LogP contribution in [0.15, 0.2) is 22.8 Å². The number of furan rings is 1. The summed E-state index contributed by atoms with van der Waals surface area (Å²) in [7, 11) is 0. The minimum atomic E-state index is -0.0626. The number of nitrogens with zero attached hydrogens (tertiary/aromatic N) is 1. The van der Waals surface area contributed by atoms with Crippen LogP contribution in [-0.4, -0.2) is 36.3 Å². The summed E-state index contributed by atoms with van der Waals surface area (Å²) in [6.07, 6.45) is 11.3. The fourth-order valence-corrected chi connectivity index (χ4v) is 6.83. The van der Waals surface area contributed by atoms with E-state index >= 15 is 0 Å². The number of piperidine rings is 1. The summed E-state index contributed by atoms with van der Waals surface area (Å²) in [4.78, 5) is 26.9. The molecule has 146 valence electrons. The number of likely N-dealkylation sites (tertiary alicyclic amines) is 1. The van der Waals surface area contributed by atoms with Gasteiger partial charge in [0.2, 0.25) is 5.91 Å². The van der Waals surface area contributed by atoms with E-state index < -0.39 is 0 Å². The van der Waals surface area contributed by atoms with Crippen LogP contribution in [-0.2, 0) is 4.79 Å². The van der Waals surface area contributed by atoms with Crippen LogP contribution in [0.4, 0.5) is 0 Å². The van der Waals surface area contributed by atoms with Gasteiger partial charge in [0, 0.05) is 25.6 Å². The second kappa shape index (κ2) is 6.68. The van der Waals surface area contributed by atoms with Crippen LogP contribution in [0.25, 0.3) is 0 Å². The maximum Gasteiger partial charge on any atom is 0.289 e. The first-order chi connectivity index (χ1) is 13.1. The summed E-state index contributed by atoms with van der Waals surface area (Å²) in [5.41, 5.74) is 0.389. The van der Waals surface area contributed by atoms with Gasteiger partial charge in [-0.2, -0.15) is 0 Å². The van der Waals surface area contributed by atoms with E-state index in [1.807, 2.05) is 4.90 Å². The number of amides is 2. The first kappa shape index (κ1) is 17.3. The zero-order valence-corrected chi connectivity index (χ0v) is 16.0. The largest absolute Gasteiger partial charge is 0.459 e. The number of carbonyl (C=O) groups excluding carboxylic acids is 2. The van der Waals surface area contributed by atoms with Crippen LogP contribution in [0.3, 0.4) is 0 Å². The Morgan fingerprint density at radius 1 is 1.07 bits per heavy atom. The summed E-state index contributed by atoms with van der Waals surface area (Å²) in [6, 6.07) is 3.44. The van der Waals surface area contributed by atoms with Crippen LogP contribution in [0.5, 0.6) is 0 Å². The van der Waals surface area contributed by atoms with Gasteiger partial charge in [0.25, 0.3) is 5.91 Å². The van der Waals surface area contributed by atoms with E-state index in [4.69, 9.17) is 4.42 Å². The molecule has 0 atom stereocenters. The summed E-state index contributed by atoms with van der Waals surface area (Å²) in [5, 5.41) is 3.32. The third kappa shape index (κ3) is 3.30. The molecule has 1 aliphatic heterocycles. The highest BCUT2D eigenvalue weighted by atomic mass is 16.3. The fraction of sp³-hybridized carbons (Fsp3) is 0.727. The van der Waals surface area contributed by atoms with Gasteiger partial charge in [0.05, 0.1) is 6.26 Å². The lowest BCUT2D eigenvalue weighted by Crippen LogP contribution is -2.52. The van der Waals surface area contributed by atoms with Gasteiger partial charge in [0.1, 0.15) is 0 Å². The summed E-state index contributed by atoms with van der Waals surface area (Å²) < 4.78 is 5.21. The minimum absolute atomic E-state index is 0.0413. The Hall–Kier alpha value is -1.78. The topological polar surface area (TPSA) is 62.6 Å². The molecule has 27 heavy (non-hydrogen) atoms. The molecular formula is C22H30N2O3. The maximum absolute atomic E-state index is 12.8. The van der Waals surface area contributed by atoms with Crippen molar-refractivity contribution in [2.24, 2.45) is 29.1 Å². The third-order valence-corrected chi connectivity index (χ3v) is 7.69. The van der Waals surface area contributed by atoms with Gasteiger partial charge in [-0.15, -0.1) is 0 Å². The molecule has 4 saturated carbocycles. The van der Waals surface area contributed by atoms with Gasteiger partial charge >= 0.3 is 0 Å². The van der Waals surface area contributed by atoms with Crippen LogP contribution in [0, 0.1) is 29.1 Å². The van der Waals surface area contributed by atoms with Crippen molar-refractivity contribution in [3.63, 3.8) is 0 Å². The van der Waals surface area contributed by atoms with E-state index in [-0.39, 0.29) is 17.7 Å². The predicted molar refractivity (Wildman–Crippen MR) is 101 cm³/mol. The molecule has 0 unspecified atom stereocenters. The Morgan fingerprint density at radius 2 is 1.70 bits per heavy atom. The van der Waals surface area contributed by atoms with Crippen LogP contribution >= 0.6 is 0 Å². The predicted octanol–water partition coefficient (Wildman–Crippen LogP) is 3.46. The summed E-state index contributed by atoms with van der Waals surface area (Å²) >= 11 is 0. The Kier molecular flexibility index (Phi) is 4.29. The smallest absolute Gasteiger partial charge is 0.289 e. The van der Waals surface area contributed by atoms with Gasteiger partial charge in [-0.1, -0.05) is 0 Å². The lowest BCUT2D eigenvalue weighted by Gasteiger charge is -2.57. The van der Waals surface area contributed by atoms with Crippen molar-refractivity contribution in [3.05, 3.63) is 24.2 Å². The highest BCUT2D eigenvalue weighted by Crippen LogP contribution is 2.59. The molecule has 5 fully saturated rings. The number of hydrogen-bond acceptors (Lipinski definition) is 3. The molecule has 4 aliphatic carbocycles. The number of hydrogen-bond donors (Lipinski definition) is 1.